The largest absolute Gasteiger partial charge is 0.358 e. The second-order valence-electron chi connectivity index (χ2n) is 5.51. The summed E-state index contributed by atoms with van der Waals surface area (Å²) in [6.45, 7) is 2.09. The molecule has 2 heterocycles. The number of pyridine rings is 1. The number of nitrogens with zero attached hydrogens (tertiary/aromatic N) is 2. The molecule has 0 spiro atoms. The van der Waals surface area contributed by atoms with Gasteiger partial charge < -0.3 is 15.5 Å². The Morgan fingerprint density at radius 2 is 2.00 bits per heavy atom. The van der Waals surface area contributed by atoms with Crippen molar-refractivity contribution in [3.8, 4) is 0 Å². The lowest BCUT2D eigenvalue weighted by atomic mass is 10.1. The zero-order valence-electron chi connectivity index (χ0n) is 13.0. The summed E-state index contributed by atoms with van der Waals surface area (Å²) < 4.78 is 26.8. The minimum absolute atomic E-state index is 0.0412. The summed E-state index contributed by atoms with van der Waals surface area (Å²) in [6, 6.07) is 4.06. The van der Waals surface area contributed by atoms with E-state index in [2.05, 4.69) is 20.5 Å². The second kappa shape index (κ2) is 7.68. The maximum atomic E-state index is 13.5. The first-order chi connectivity index (χ1) is 12.0. The van der Waals surface area contributed by atoms with Crippen LogP contribution in [0.3, 0.4) is 0 Å². The van der Waals surface area contributed by atoms with Gasteiger partial charge in [0, 0.05) is 25.2 Å². The zero-order valence-corrected chi connectivity index (χ0v) is 15.3. The molecule has 0 atom stereocenters. The molecule has 2 N–H and O–H groups in total. The quantitative estimate of drug-likeness (QED) is 0.587. The van der Waals surface area contributed by atoms with Crippen molar-refractivity contribution in [3.05, 3.63) is 51.6 Å². The van der Waals surface area contributed by atoms with Gasteiger partial charge in [0.2, 0.25) is 0 Å². The van der Waals surface area contributed by atoms with Gasteiger partial charge in [0.25, 0.3) is 0 Å². The summed E-state index contributed by atoms with van der Waals surface area (Å²) >= 11 is 17.0. The van der Waals surface area contributed by atoms with Crippen LogP contribution in [0.5, 0.6) is 0 Å². The van der Waals surface area contributed by atoms with E-state index in [9.17, 15) is 8.78 Å². The van der Waals surface area contributed by atoms with E-state index in [1.807, 2.05) is 0 Å². The zero-order chi connectivity index (χ0) is 18.0. The highest BCUT2D eigenvalue weighted by atomic mass is 35.5. The van der Waals surface area contributed by atoms with Gasteiger partial charge in [-0.05, 0) is 36.8 Å². The van der Waals surface area contributed by atoms with Gasteiger partial charge in [-0.3, -0.25) is 0 Å². The number of halogens is 4. The highest BCUT2D eigenvalue weighted by molar-refractivity contribution is 7.80. The first kappa shape index (κ1) is 18.1. The molecule has 0 unspecified atom stereocenters. The van der Waals surface area contributed by atoms with Gasteiger partial charge in [0.05, 0.1) is 21.9 Å². The summed E-state index contributed by atoms with van der Waals surface area (Å²) in [5.41, 5.74) is 1.08. The molecule has 0 radical (unpaired) electrons. The van der Waals surface area contributed by atoms with Crippen LogP contribution >= 0.6 is 35.4 Å². The number of thiocarbonyl (C=S) groups is 1. The molecule has 3 rings (SSSR count). The third-order valence-corrected chi connectivity index (χ3v) is 4.89. The molecule has 2 aromatic rings. The van der Waals surface area contributed by atoms with Crippen molar-refractivity contribution in [2.45, 2.75) is 13.0 Å². The minimum Gasteiger partial charge on any atom is -0.358 e. The maximum absolute atomic E-state index is 13.5. The number of hydrogen-bond donors (Lipinski definition) is 2. The Morgan fingerprint density at radius 1 is 1.24 bits per heavy atom. The van der Waals surface area contributed by atoms with Gasteiger partial charge in [0.15, 0.2) is 5.11 Å². The molecule has 0 amide bonds. The molecular formula is C16H14Cl2F2N4S. The Balaban J connectivity index is 1.67. The first-order valence-electron chi connectivity index (χ1n) is 7.53. The number of aromatic nitrogens is 1. The third kappa shape index (κ3) is 4.11. The van der Waals surface area contributed by atoms with E-state index in [1.54, 1.807) is 0 Å². The van der Waals surface area contributed by atoms with Gasteiger partial charge in [-0.15, -0.1) is 0 Å². The highest BCUT2D eigenvalue weighted by Gasteiger charge is 2.19. The van der Waals surface area contributed by atoms with Crippen LogP contribution in [0, 0.1) is 11.6 Å². The molecule has 1 aromatic carbocycles. The molecule has 1 saturated heterocycles. The molecule has 0 saturated carbocycles. The monoisotopic (exact) mass is 402 g/mol. The topological polar surface area (TPSA) is 40.2 Å². The molecule has 25 heavy (non-hydrogen) atoms. The summed E-state index contributed by atoms with van der Waals surface area (Å²) in [5, 5.41) is 5.94. The van der Waals surface area contributed by atoms with Crippen LogP contribution in [-0.4, -0.2) is 23.2 Å². The van der Waals surface area contributed by atoms with E-state index in [0.717, 1.165) is 25.3 Å². The van der Waals surface area contributed by atoms with Crippen molar-refractivity contribution in [2.75, 3.05) is 23.3 Å². The number of rotatable bonds is 4. The maximum Gasteiger partial charge on any atom is 0.171 e. The smallest absolute Gasteiger partial charge is 0.171 e. The van der Waals surface area contributed by atoms with Crippen LogP contribution in [0.2, 0.25) is 10.0 Å². The lowest BCUT2D eigenvalue weighted by Gasteiger charge is -2.33. The van der Waals surface area contributed by atoms with Crippen molar-refractivity contribution in [1.82, 2.24) is 10.3 Å². The van der Waals surface area contributed by atoms with E-state index in [4.69, 9.17) is 35.4 Å². The predicted molar refractivity (Wildman–Crippen MR) is 101 cm³/mol. The molecule has 4 nitrogen and oxygen atoms in total. The van der Waals surface area contributed by atoms with Gasteiger partial charge in [-0.2, -0.15) is 0 Å². The van der Waals surface area contributed by atoms with Crippen LogP contribution in [0.1, 0.15) is 12.0 Å². The Bertz CT molecular complexity index is 815. The standard InChI is InChI=1S/C16H14Cl2F2N4S/c17-13-11(20)2-3-12(14(13)18)23-16(25)22-7-9-6-10(19)8-21-15(9)24-4-1-5-24/h2-3,6,8H,1,4-5,7H2,(H2,22,23,25). The number of nitrogens with one attached hydrogen (secondary N) is 2. The summed E-state index contributed by atoms with van der Waals surface area (Å²) in [5.74, 6) is -0.278. The fraction of sp³-hybridized carbons (Fsp3) is 0.250. The average molecular weight is 403 g/mol. The normalized spacial score (nSPS) is 13.4. The van der Waals surface area contributed by atoms with E-state index in [0.29, 0.717) is 11.3 Å². The molecule has 0 bridgehead atoms. The number of hydrogen-bond acceptors (Lipinski definition) is 3. The van der Waals surface area contributed by atoms with E-state index >= 15 is 0 Å². The molecule has 0 aliphatic carbocycles. The average Bonchev–Trinajstić information content (AvgIpc) is 2.54. The Labute approximate surface area is 159 Å². The van der Waals surface area contributed by atoms with Gasteiger partial charge in [0.1, 0.15) is 17.5 Å². The van der Waals surface area contributed by atoms with E-state index in [-0.39, 0.29) is 21.7 Å². The minimum atomic E-state index is -0.610. The van der Waals surface area contributed by atoms with Crippen LogP contribution in [0.25, 0.3) is 0 Å². The molecule has 1 aliphatic heterocycles. The van der Waals surface area contributed by atoms with Gasteiger partial charge in [-0.1, -0.05) is 23.2 Å². The van der Waals surface area contributed by atoms with Crippen molar-refractivity contribution in [1.29, 1.82) is 0 Å². The van der Waals surface area contributed by atoms with Crippen molar-refractivity contribution >= 4 is 52.0 Å². The van der Waals surface area contributed by atoms with Crippen LogP contribution in [0.15, 0.2) is 24.4 Å². The van der Waals surface area contributed by atoms with Crippen LogP contribution < -0.4 is 15.5 Å². The second-order valence-corrected chi connectivity index (χ2v) is 6.67. The highest BCUT2D eigenvalue weighted by Crippen LogP contribution is 2.32. The molecule has 1 fully saturated rings. The lowest BCUT2D eigenvalue weighted by Crippen LogP contribution is -2.39. The Kier molecular flexibility index (Phi) is 5.56. The molecule has 132 valence electrons. The summed E-state index contributed by atoms with van der Waals surface area (Å²) in [7, 11) is 0. The molecule has 1 aromatic heterocycles. The van der Waals surface area contributed by atoms with Crippen molar-refractivity contribution < 1.29 is 8.78 Å². The van der Waals surface area contributed by atoms with Crippen molar-refractivity contribution in [2.24, 2.45) is 0 Å². The SMILES string of the molecule is Fc1cnc(N2CCC2)c(CNC(=S)Nc2ccc(F)c(Cl)c2Cl)c1. The Hall–Kier alpha value is -1.70. The Morgan fingerprint density at radius 3 is 2.68 bits per heavy atom. The fourth-order valence-electron chi connectivity index (χ4n) is 2.38. The number of anilines is 2. The molecule has 9 heteroatoms. The van der Waals surface area contributed by atoms with Crippen LogP contribution in [-0.2, 0) is 6.54 Å². The van der Waals surface area contributed by atoms with E-state index in [1.165, 1.54) is 24.4 Å². The van der Waals surface area contributed by atoms with Crippen LogP contribution in [0.4, 0.5) is 20.3 Å². The first-order valence-corrected chi connectivity index (χ1v) is 8.70. The van der Waals surface area contributed by atoms with Gasteiger partial charge >= 0.3 is 0 Å². The van der Waals surface area contributed by atoms with E-state index < -0.39 is 11.6 Å². The lowest BCUT2D eigenvalue weighted by molar-refractivity contribution is 0.591. The predicted octanol–water partition coefficient (Wildman–Crippen LogP) is 4.36. The summed E-state index contributed by atoms with van der Waals surface area (Å²) in [4.78, 5) is 6.24. The summed E-state index contributed by atoms with van der Waals surface area (Å²) in [6.07, 6.45) is 2.30. The molecule has 1 aliphatic rings. The number of benzene rings is 1. The fourth-order valence-corrected chi connectivity index (χ4v) is 2.93. The van der Waals surface area contributed by atoms with Gasteiger partial charge in [-0.25, -0.2) is 13.8 Å². The third-order valence-electron chi connectivity index (χ3n) is 3.79. The molecular weight excluding hydrogens is 389 g/mol. The van der Waals surface area contributed by atoms with Crippen molar-refractivity contribution in [3.63, 3.8) is 0 Å².